The molecule has 0 aliphatic heterocycles. The maximum atomic E-state index is 13.3. The van der Waals surface area contributed by atoms with Crippen molar-refractivity contribution in [3.63, 3.8) is 0 Å². The Bertz CT molecular complexity index is 1460. The summed E-state index contributed by atoms with van der Waals surface area (Å²) in [6.45, 7) is 3.43. The molecule has 0 bridgehead atoms. The fraction of sp³-hybridized carbons (Fsp3) is 0.269. The predicted octanol–water partition coefficient (Wildman–Crippen LogP) is 5.80. The van der Waals surface area contributed by atoms with E-state index < -0.39 is 17.8 Å². The van der Waals surface area contributed by atoms with Crippen molar-refractivity contribution < 1.29 is 27.4 Å². The maximum absolute atomic E-state index is 13.3. The molecule has 0 aliphatic rings. The quantitative estimate of drug-likeness (QED) is 0.299. The molecular weight excluding hydrogens is 487 g/mol. The predicted molar refractivity (Wildman–Crippen MR) is 135 cm³/mol. The Balaban J connectivity index is 1.82. The number of halogens is 3. The van der Waals surface area contributed by atoms with Gasteiger partial charge in [0.15, 0.2) is 17.1 Å². The summed E-state index contributed by atoms with van der Waals surface area (Å²) >= 11 is 0. The molecule has 2 heterocycles. The van der Waals surface area contributed by atoms with Crippen LogP contribution in [0, 0.1) is 6.92 Å². The van der Waals surface area contributed by atoms with Crippen LogP contribution in [0.15, 0.2) is 42.5 Å². The Morgan fingerprint density at radius 2 is 1.62 bits per heavy atom. The third kappa shape index (κ3) is 5.30. The number of hydrogen-bond donors (Lipinski definition) is 2. The Morgan fingerprint density at radius 1 is 0.892 bits per heavy atom. The second kappa shape index (κ2) is 10.00. The van der Waals surface area contributed by atoms with E-state index in [1.807, 2.05) is 12.1 Å². The van der Waals surface area contributed by atoms with Crippen molar-refractivity contribution >= 4 is 22.5 Å². The van der Waals surface area contributed by atoms with Crippen LogP contribution in [-0.4, -0.2) is 36.3 Å². The van der Waals surface area contributed by atoms with E-state index in [0.29, 0.717) is 51.2 Å². The van der Waals surface area contributed by atoms with Crippen molar-refractivity contribution in [2.75, 3.05) is 32.4 Å². The van der Waals surface area contributed by atoms with E-state index in [9.17, 15) is 13.2 Å². The van der Waals surface area contributed by atoms with Crippen molar-refractivity contribution in [3.8, 4) is 28.5 Å². The van der Waals surface area contributed by atoms with E-state index in [4.69, 9.17) is 19.9 Å². The lowest BCUT2D eigenvalue weighted by molar-refractivity contribution is -0.137. The van der Waals surface area contributed by atoms with Gasteiger partial charge in [-0.15, -0.1) is 0 Å². The number of aromatic nitrogens is 3. The van der Waals surface area contributed by atoms with Crippen LogP contribution in [0.2, 0.25) is 0 Å². The minimum Gasteiger partial charge on any atom is -0.493 e. The molecule has 0 amide bonds. The van der Waals surface area contributed by atoms with Crippen LogP contribution in [0.5, 0.6) is 17.4 Å². The molecule has 37 heavy (non-hydrogen) atoms. The second-order valence-electron chi connectivity index (χ2n) is 8.36. The summed E-state index contributed by atoms with van der Waals surface area (Å²) in [5.41, 5.74) is 7.08. The highest BCUT2D eigenvalue weighted by molar-refractivity contribution is 5.92. The molecule has 0 saturated heterocycles. The monoisotopic (exact) mass is 513 g/mol. The lowest BCUT2D eigenvalue weighted by Crippen LogP contribution is -2.13. The first kappa shape index (κ1) is 25.8. The summed E-state index contributed by atoms with van der Waals surface area (Å²) in [5.74, 6) is 2.26. The Kier molecular flexibility index (Phi) is 6.97. The van der Waals surface area contributed by atoms with Gasteiger partial charge >= 0.3 is 6.18 Å². The van der Waals surface area contributed by atoms with Crippen LogP contribution in [0.4, 0.5) is 24.7 Å². The minimum absolute atomic E-state index is 0.0179. The lowest BCUT2D eigenvalue weighted by Gasteiger charge is -2.19. The third-order valence-electron chi connectivity index (χ3n) is 5.81. The van der Waals surface area contributed by atoms with Crippen molar-refractivity contribution in [2.24, 2.45) is 0 Å². The highest BCUT2D eigenvalue weighted by Crippen LogP contribution is 2.39. The zero-order valence-electron chi connectivity index (χ0n) is 20.9. The van der Waals surface area contributed by atoms with Crippen LogP contribution in [0.1, 0.15) is 29.9 Å². The first-order chi connectivity index (χ1) is 17.5. The van der Waals surface area contributed by atoms with E-state index in [-0.39, 0.29) is 5.69 Å². The number of ether oxygens (including phenoxy) is 3. The van der Waals surface area contributed by atoms with E-state index in [1.165, 1.54) is 20.3 Å². The molecule has 4 rings (SSSR count). The first-order valence-corrected chi connectivity index (χ1v) is 11.2. The van der Waals surface area contributed by atoms with Crippen LogP contribution in [-0.2, 0) is 6.18 Å². The molecular formula is C26H26F3N5O3. The van der Waals surface area contributed by atoms with E-state index in [2.05, 4.69) is 20.3 Å². The number of rotatable bonds is 7. The molecule has 1 atom stereocenters. The molecule has 2 aromatic heterocycles. The third-order valence-corrected chi connectivity index (χ3v) is 5.81. The Morgan fingerprint density at radius 3 is 2.27 bits per heavy atom. The molecule has 0 radical (unpaired) electrons. The van der Waals surface area contributed by atoms with Gasteiger partial charge in [0, 0.05) is 11.3 Å². The molecule has 0 unspecified atom stereocenters. The van der Waals surface area contributed by atoms with Gasteiger partial charge in [-0.25, -0.2) is 9.97 Å². The van der Waals surface area contributed by atoms with Crippen molar-refractivity contribution in [1.29, 1.82) is 0 Å². The molecule has 0 fully saturated rings. The first-order valence-electron chi connectivity index (χ1n) is 11.2. The lowest BCUT2D eigenvalue weighted by atomic mass is 10.0. The number of alkyl halides is 3. The molecule has 0 aliphatic carbocycles. The van der Waals surface area contributed by atoms with Crippen molar-refractivity contribution in [1.82, 2.24) is 15.0 Å². The fourth-order valence-electron chi connectivity index (χ4n) is 4.00. The fourth-order valence-corrected chi connectivity index (χ4v) is 4.00. The van der Waals surface area contributed by atoms with Crippen molar-refractivity contribution in [3.05, 3.63) is 59.4 Å². The van der Waals surface area contributed by atoms with Gasteiger partial charge in [-0.2, -0.15) is 18.2 Å². The summed E-state index contributed by atoms with van der Waals surface area (Å²) < 4.78 is 56.3. The van der Waals surface area contributed by atoms with Gasteiger partial charge in [0.05, 0.1) is 38.3 Å². The number of hydrogen-bond acceptors (Lipinski definition) is 8. The smallest absolute Gasteiger partial charge is 0.416 e. The molecule has 2 aromatic carbocycles. The number of pyridine rings is 1. The largest absolute Gasteiger partial charge is 0.493 e. The van der Waals surface area contributed by atoms with Crippen LogP contribution >= 0.6 is 0 Å². The summed E-state index contributed by atoms with van der Waals surface area (Å²) in [5, 5.41) is 3.76. The number of nitrogens with two attached hydrogens (primary N) is 1. The molecule has 194 valence electrons. The minimum atomic E-state index is -4.52. The van der Waals surface area contributed by atoms with Crippen LogP contribution in [0.3, 0.4) is 0 Å². The molecule has 8 nitrogen and oxygen atoms in total. The average molecular weight is 514 g/mol. The number of aryl methyl sites for hydroxylation is 1. The average Bonchev–Trinajstić information content (AvgIpc) is 2.86. The number of nitrogens with zero attached hydrogens (tertiary/aromatic N) is 3. The SMILES string of the molecule is COc1ccc(-c2cc3c(N[C@H](C)c4cc(N)cc(C(F)(F)F)c4)nc(C)nc3nc2OC)cc1OC. The van der Waals surface area contributed by atoms with Gasteiger partial charge in [-0.1, -0.05) is 6.07 Å². The van der Waals surface area contributed by atoms with E-state index >= 15 is 0 Å². The van der Waals surface area contributed by atoms with E-state index in [1.54, 1.807) is 33.1 Å². The number of nitrogens with one attached hydrogen (secondary N) is 1. The zero-order chi connectivity index (χ0) is 26.9. The zero-order valence-corrected chi connectivity index (χ0v) is 20.9. The summed E-state index contributed by atoms with van der Waals surface area (Å²) in [7, 11) is 4.59. The van der Waals surface area contributed by atoms with Crippen LogP contribution < -0.4 is 25.3 Å². The van der Waals surface area contributed by atoms with Crippen LogP contribution in [0.25, 0.3) is 22.2 Å². The van der Waals surface area contributed by atoms with Gasteiger partial charge in [0.1, 0.15) is 11.6 Å². The molecule has 11 heteroatoms. The standard InChI is InChI=1S/C26H26F3N5O3/c1-13(16-8-17(26(27,28)29)11-18(30)9-16)31-23-20-12-19(15-6-7-21(35-3)22(10-15)36-4)25(37-5)34-24(20)33-14(2)32-23/h6-13H,30H2,1-5H3,(H,31,32,33,34)/t13-/m1/s1. The summed E-state index contributed by atoms with van der Waals surface area (Å²) in [4.78, 5) is 13.5. The number of fused-ring (bicyclic) bond motifs is 1. The number of methoxy groups -OCH3 is 3. The molecule has 0 spiro atoms. The maximum Gasteiger partial charge on any atom is 0.416 e. The normalized spacial score (nSPS) is 12.3. The highest BCUT2D eigenvalue weighted by atomic mass is 19.4. The number of nitrogen functional groups attached to an aromatic ring is 1. The van der Waals surface area contributed by atoms with Gasteiger partial charge in [0.2, 0.25) is 5.88 Å². The molecule has 0 saturated carbocycles. The number of benzene rings is 2. The molecule has 4 aromatic rings. The Labute approximate surface area is 211 Å². The molecule has 3 N–H and O–H groups in total. The second-order valence-corrected chi connectivity index (χ2v) is 8.36. The van der Waals surface area contributed by atoms with Gasteiger partial charge in [-0.3, -0.25) is 0 Å². The topological polar surface area (TPSA) is 104 Å². The van der Waals surface area contributed by atoms with Gasteiger partial charge in [0.25, 0.3) is 0 Å². The Hall–Kier alpha value is -4.28. The van der Waals surface area contributed by atoms with Crippen molar-refractivity contribution in [2.45, 2.75) is 26.1 Å². The van der Waals surface area contributed by atoms with E-state index in [0.717, 1.165) is 17.7 Å². The van der Waals surface area contributed by atoms with Gasteiger partial charge < -0.3 is 25.3 Å². The highest BCUT2D eigenvalue weighted by Gasteiger charge is 2.31. The summed E-state index contributed by atoms with van der Waals surface area (Å²) in [6.07, 6.45) is -4.52. The number of anilines is 2. The van der Waals surface area contributed by atoms with Gasteiger partial charge in [-0.05, 0) is 61.4 Å². The summed E-state index contributed by atoms with van der Waals surface area (Å²) in [6, 6.07) is 10.1.